The monoisotopic (exact) mass is 356 g/mol. The number of nitrogens with zero attached hydrogens (tertiary/aromatic N) is 5. The van der Waals surface area contributed by atoms with Gasteiger partial charge in [0, 0.05) is 30.1 Å². The van der Waals surface area contributed by atoms with Crippen LogP contribution in [-0.2, 0) is 17.9 Å². The molecule has 3 rings (SSSR count). The van der Waals surface area contributed by atoms with E-state index in [4.69, 9.17) is 9.26 Å². The Morgan fingerprint density at radius 3 is 2.96 bits per heavy atom. The number of pyridine rings is 1. The molecule has 0 bridgehead atoms. The van der Waals surface area contributed by atoms with Crippen LogP contribution in [0.25, 0.3) is 11.4 Å². The van der Waals surface area contributed by atoms with Crippen LogP contribution in [0.2, 0.25) is 0 Å². The Balaban J connectivity index is 1.57. The molecule has 0 spiro atoms. The van der Waals surface area contributed by atoms with Gasteiger partial charge < -0.3 is 14.6 Å². The van der Waals surface area contributed by atoms with E-state index in [1.54, 1.807) is 18.3 Å². The van der Waals surface area contributed by atoms with Crippen molar-refractivity contribution in [1.82, 2.24) is 30.2 Å². The van der Waals surface area contributed by atoms with Crippen LogP contribution in [0, 0.1) is 0 Å². The van der Waals surface area contributed by atoms with Crippen LogP contribution in [-0.4, -0.2) is 37.4 Å². The molecule has 26 heavy (non-hydrogen) atoms. The molecule has 0 aliphatic rings. The van der Waals surface area contributed by atoms with Crippen LogP contribution in [0.1, 0.15) is 12.8 Å². The number of ether oxygens (including phenoxy) is 1. The molecular formula is C16H16N6O4. The number of aromatic nitrogens is 5. The van der Waals surface area contributed by atoms with E-state index in [-0.39, 0.29) is 24.5 Å². The van der Waals surface area contributed by atoms with Crippen LogP contribution in [0.15, 0.2) is 46.0 Å². The standard InChI is InChI=1S/C16H16N6O4/c1-2-25-13-6-5-11(8-18-13)16-20-14(26-21-16)9-17-12(23)10-22-15(24)4-3-7-19-22/h3-8H,2,9-10H2,1H3,(H,17,23). The van der Waals surface area contributed by atoms with Crippen LogP contribution in [0.5, 0.6) is 5.88 Å². The lowest BCUT2D eigenvalue weighted by molar-refractivity contribution is -0.122. The molecule has 134 valence electrons. The minimum absolute atomic E-state index is 0.0396. The fourth-order valence-corrected chi connectivity index (χ4v) is 2.06. The highest BCUT2D eigenvalue weighted by Crippen LogP contribution is 2.17. The Morgan fingerprint density at radius 1 is 1.35 bits per heavy atom. The predicted molar refractivity (Wildman–Crippen MR) is 89.0 cm³/mol. The van der Waals surface area contributed by atoms with Crippen molar-refractivity contribution in [3.8, 4) is 17.3 Å². The summed E-state index contributed by atoms with van der Waals surface area (Å²) in [5, 5.41) is 10.3. The lowest BCUT2D eigenvalue weighted by Crippen LogP contribution is -2.32. The highest BCUT2D eigenvalue weighted by Gasteiger charge is 2.11. The number of rotatable bonds is 7. The Hall–Kier alpha value is -3.56. The zero-order valence-electron chi connectivity index (χ0n) is 14.0. The Kier molecular flexibility index (Phi) is 5.32. The van der Waals surface area contributed by atoms with Gasteiger partial charge in [0.15, 0.2) is 0 Å². The van der Waals surface area contributed by atoms with Gasteiger partial charge in [-0.15, -0.1) is 0 Å². The smallest absolute Gasteiger partial charge is 0.267 e. The first-order valence-corrected chi connectivity index (χ1v) is 7.86. The van der Waals surface area contributed by atoms with Gasteiger partial charge in [-0.3, -0.25) is 9.59 Å². The molecule has 3 aromatic heterocycles. The molecule has 0 atom stereocenters. The van der Waals surface area contributed by atoms with Gasteiger partial charge in [0.25, 0.3) is 5.56 Å². The van der Waals surface area contributed by atoms with Crippen LogP contribution in [0.3, 0.4) is 0 Å². The third-order valence-corrected chi connectivity index (χ3v) is 3.27. The van der Waals surface area contributed by atoms with Crippen LogP contribution in [0.4, 0.5) is 0 Å². The lowest BCUT2D eigenvalue weighted by atomic mass is 10.3. The average molecular weight is 356 g/mol. The number of nitrogens with one attached hydrogen (secondary N) is 1. The molecule has 0 saturated carbocycles. The number of carbonyl (C=O) groups excluding carboxylic acids is 1. The third-order valence-electron chi connectivity index (χ3n) is 3.27. The van der Waals surface area contributed by atoms with Gasteiger partial charge in [-0.2, -0.15) is 10.1 Å². The summed E-state index contributed by atoms with van der Waals surface area (Å²) in [6, 6.07) is 6.31. The third kappa shape index (κ3) is 4.29. The first kappa shape index (κ1) is 17.3. The molecule has 1 amide bonds. The number of hydrogen-bond acceptors (Lipinski definition) is 8. The molecule has 10 nitrogen and oxygen atoms in total. The molecule has 0 aliphatic carbocycles. The Labute approximate surface area is 147 Å². The average Bonchev–Trinajstić information content (AvgIpc) is 3.12. The lowest BCUT2D eigenvalue weighted by Gasteiger charge is -2.03. The van der Waals surface area contributed by atoms with Crippen molar-refractivity contribution in [3.05, 3.63) is 52.9 Å². The molecule has 3 heterocycles. The molecule has 3 aromatic rings. The summed E-state index contributed by atoms with van der Waals surface area (Å²) >= 11 is 0. The summed E-state index contributed by atoms with van der Waals surface area (Å²) in [5.74, 6) is 0.701. The summed E-state index contributed by atoms with van der Waals surface area (Å²) in [6.07, 6.45) is 3.01. The van der Waals surface area contributed by atoms with Crippen LogP contribution >= 0.6 is 0 Å². The van der Waals surface area contributed by atoms with Crippen molar-refractivity contribution in [1.29, 1.82) is 0 Å². The van der Waals surface area contributed by atoms with Crippen molar-refractivity contribution >= 4 is 5.91 Å². The molecule has 0 saturated heterocycles. The van der Waals surface area contributed by atoms with E-state index in [1.807, 2.05) is 6.92 Å². The zero-order chi connectivity index (χ0) is 18.4. The van der Waals surface area contributed by atoms with Crippen molar-refractivity contribution in [2.24, 2.45) is 0 Å². The fraction of sp³-hybridized carbons (Fsp3) is 0.250. The maximum absolute atomic E-state index is 11.9. The van der Waals surface area contributed by atoms with Gasteiger partial charge in [0.1, 0.15) is 6.54 Å². The van der Waals surface area contributed by atoms with E-state index < -0.39 is 5.91 Å². The molecule has 10 heteroatoms. The highest BCUT2D eigenvalue weighted by molar-refractivity contribution is 5.75. The minimum Gasteiger partial charge on any atom is -0.478 e. The van der Waals surface area contributed by atoms with Crippen LogP contribution < -0.4 is 15.6 Å². The van der Waals surface area contributed by atoms with E-state index in [0.29, 0.717) is 23.9 Å². The van der Waals surface area contributed by atoms with E-state index >= 15 is 0 Å². The topological polar surface area (TPSA) is 125 Å². The Bertz CT molecular complexity index is 934. The maximum Gasteiger partial charge on any atom is 0.267 e. The molecule has 0 fully saturated rings. The second-order valence-corrected chi connectivity index (χ2v) is 5.13. The Morgan fingerprint density at radius 2 is 2.23 bits per heavy atom. The molecule has 0 radical (unpaired) electrons. The van der Waals surface area contributed by atoms with Gasteiger partial charge in [0.05, 0.1) is 13.2 Å². The summed E-state index contributed by atoms with van der Waals surface area (Å²) in [6.45, 7) is 2.25. The van der Waals surface area contributed by atoms with Crippen molar-refractivity contribution in [2.45, 2.75) is 20.0 Å². The van der Waals surface area contributed by atoms with Gasteiger partial charge in [0.2, 0.25) is 23.5 Å². The fourth-order valence-electron chi connectivity index (χ4n) is 2.06. The molecule has 1 N–H and O–H groups in total. The van der Waals surface area contributed by atoms with E-state index in [0.717, 1.165) is 4.68 Å². The number of amides is 1. The summed E-state index contributed by atoms with van der Waals surface area (Å²) in [4.78, 5) is 31.7. The maximum atomic E-state index is 11.9. The molecule has 0 aliphatic heterocycles. The molecular weight excluding hydrogens is 340 g/mol. The first-order chi connectivity index (χ1) is 12.7. The summed E-state index contributed by atoms with van der Waals surface area (Å²) < 4.78 is 11.4. The van der Waals surface area contributed by atoms with Gasteiger partial charge >= 0.3 is 0 Å². The zero-order valence-corrected chi connectivity index (χ0v) is 14.0. The van der Waals surface area contributed by atoms with Gasteiger partial charge in [-0.1, -0.05) is 5.16 Å². The van der Waals surface area contributed by atoms with Gasteiger partial charge in [-0.25, -0.2) is 9.67 Å². The second kappa shape index (κ2) is 8.01. The number of carbonyl (C=O) groups is 1. The number of hydrogen-bond donors (Lipinski definition) is 1. The highest BCUT2D eigenvalue weighted by atomic mass is 16.5. The van der Waals surface area contributed by atoms with E-state index in [9.17, 15) is 9.59 Å². The first-order valence-electron chi connectivity index (χ1n) is 7.86. The van der Waals surface area contributed by atoms with Gasteiger partial charge in [-0.05, 0) is 19.1 Å². The summed E-state index contributed by atoms with van der Waals surface area (Å²) in [5.41, 5.74) is 0.306. The predicted octanol–water partition coefficient (Wildman–Crippen LogP) is 0.403. The quantitative estimate of drug-likeness (QED) is 0.645. The molecule has 0 unspecified atom stereocenters. The largest absolute Gasteiger partial charge is 0.478 e. The van der Waals surface area contributed by atoms with Crippen molar-refractivity contribution < 1.29 is 14.1 Å². The van der Waals surface area contributed by atoms with E-state index in [1.165, 1.54) is 18.3 Å². The minimum atomic E-state index is -0.395. The normalized spacial score (nSPS) is 10.5. The second-order valence-electron chi connectivity index (χ2n) is 5.13. The van der Waals surface area contributed by atoms with Crippen molar-refractivity contribution in [3.63, 3.8) is 0 Å². The van der Waals surface area contributed by atoms with E-state index in [2.05, 4.69) is 25.5 Å². The molecule has 0 aromatic carbocycles. The van der Waals surface area contributed by atoms with Crippen molar-refractivity contribution in [2.75, 3.05) is 6.61 Å². The SMILES string of the molecule is CCOc1ccc(-c2noc(CNC(=O)Cn3ncccc3=O)n2)cn1. The summed E-state index contributed by atoms with van der Waals surface area (Å²) in [7, 11) is 0.